The Morgan fingerprint density at radius 2 is 1.68 bits per heavy atom. The van der Waals surface area contributed by atoms with Gasteiger partial charge in [0.1, 0.15) is 0 Å². The van der Waals surface area contributed by atoms with Crippen molar-refractivity contribution in [2.45, 2.75) is 24.3 Å². The van der Waals surface area contributed by atoms with Gasteiger partial charge in [-0.15, -0.1) is 11.8 Å². The van der Waals surface area contributed by atoms with Crippen molar-refractivity contribution in [3.8, 4) is 0 Å². The fraction of sp³-hybridized carbons (Fsp3) is 0.286. The van der Waals surface area contributed by atoms with Gasteiger partial charge in [-0.25, -0.2) is 0 Å². The zero-order chi connectivity index (χ0) is 20.5. The van der Waals surface area contributed by atoms with E-state index < -0.39 is 6.04 Å². The maximum absolute atomic E-state index is 12.6. The van der Waals surface area contributed by atoms with Crippen LogP contribution in [0.5, 0.6) is 0 Å². The average Bonchev–Trinajstić information content (AvgIpc) is 2.68. The molecule has 0 heterocycles. The third-order valence-corrected chi connectivity index (χ3v) is 4.94. The van der Waals surface area contributed by atoms with Gasteiger partial charge in [-0.2, -0.15) is 0 Å². The van der Waals surface area contributed by atoms with Crippen LogP contribution in [0, 0.1) is 0 Å². The fourth-order valence-electron chi connectivity index (χ4n) is 2.75. The normalized spacial score (nSPS) is 11.4. The van der Waals surface area contributed by atoms with Crippen LogP contribution in [-0.2, 0) is 14.4 Å². The van der Waals surface area contributed by atoms with Gasteiger partial charge < -0.3 is 15.5 Å². The number of rotatable bonds is 8. The summed E-state index contributed by atoms with van der Waals surface area (Å²) in [7, 11) is 1.58. The van der Waals surface area contributed by atoms with Crippen molar-refractivity contribution in [2.24, 2.45) is 0 Å². The van der Waals surface area contributed by atoms with E-state index in [-0.39, 0.29) is 30.7 Å². The molecule has 2 N–H and O–H groups in total. The molecule has 3 amide bonds. The van der Waals surface area contributed by atoms with E-state index in [0.717, 1.165) is 16.1 Å². The summed E-state index contributed by atoms with van der Waals surface area (Å²) < 4.78 is 0. The number of amides is 3. The van der Waals surface area contributed by atoms with E-state index in [1.165, 1.54) is 23.6 Å². The first kappa shape index (κ1) is 21.5. The second-order valence-electron chi connectivity index (χ2n) is 6.37. The molecule has 0 saturated heterocycles. The number of hydrogen-bond acceptors (Lipinski definition) is 4. The molecule has 28 heavy (non-hydrogen) atoms. The van der Waals surface area contributed by atoms with E-state index in [2.05, 4.69) is 10.6 Å². The molecular formula is C21H25N3O3S. The Kier molecular flexibility index (Phi) is 8.07. The maximum atomic E-state index is 12.6. The van der Waals surface area contributed by atoms with E-state index in [1.807, 2.05) is 60.9 Å². The number of benzene rings is 2. The number of carbonyl (C=O) groups is 3. The van der Waals surface area contributed by atoms with Crippen LogP contribution in [0.1, 0.15) is 24.9 Å². The van der Waals surface area contributed by atoms with Crippen LogP contribution in [0.3, 0.4) is 0 Å². The number of anilines is 1. The van der Waals surface area contributed by atoms with Crippen molar-refractivity contribution < 1.29 is 14.4 Å². The molecule has 0 aromatic heterocycles. The number of nitrogens with zero attached hydrogens (tertiary/aromatic N) is 1. The SMILES string of the molecule is CSc1ccccc1NC(=O)CN(C)C(=O)CC(NC(C)=O)c1ccccc1. The topological polar surface area (TPSA) is 78.5 Å². The smallest absolute Gasteiger partial charge is 0.244 e. The molecule has 0 aliphatic carbocycles. The van der Waals surface area contributed by atoms with E-state index in [1.54, 1.807) is 7.05 Å². The zero-order valence-corrected chi connectivity index (χ0v) is 17.1. The molecule has 2 rings (SSSR count). The Morgan fingerprint density at radius 3 is 2.32 bits per heavy atom. The monoisotopic (exact) mass is 399 g/mol. The van der Waals surface area contributed by atoms with Gasteiger partial charge in [-0.3, -0.25) is 14.4 Å². The lowest BCUT2D eigenvalue weighted by Gasteiger charge is -2.22. The summed E-state index contributed by atoms with van der Waals surface area (Å²) in [4.78, 5) is 38.8. The highest BCUT2D eigenvalue weighted by Crippen LogP contribution is 2.24. The highest BCUT2D eigenvalue weighted by Gasteiger charge is 2.21. The second-order valence-corrected chi connectivity index (χ2v) is 7.21. The number of carbonyl (C=O) groups excluding carboxylic acids is 3. The minimum Gasteiger partial charge on any atom is -0.349 e. The summed E-state index contributed by atoms with van der Waals surface area (Å²) in [6.45, 7) is 1.35. The number of thioether (sulfide) groups is 1. The lowest BCUT2D eigenvalue weighted by Crippen LogP contribution is -2.38. The molecule has 148 valence electrons. The number of likely N-dealkylation sites (N-methyl/N-ethyl adjacent to an activating group) is 1. The van der Waals surface area contributed by atoms with E-state index >= 15 is 0 Å². The first-order valence-electron chi connectivity index (χ1n) is 8.89. The first-order valence-corrected chi connectivity index (χ1v) is 10.1. The summed E-state index contributed by atoms with van der Waals surface area (Å²) in [6, 6.07) is 16.4. The lowest BCUT2D eigenvalue weighted by molar-refractivity contribution is -0.134. The molecule has 2 aromatic rings. The van der Waals surface area contributed by atoms with Crippen molar-refractivity contribution in [3.05, 3.63) is 60.2 Å². The standard InChI is InChI=1S/C21H25N3O3S/c1-15(25)22-18(16-9-5-4-6-10-16)13-21(27)24(2)14-20(26)23-17-11-7-8-12-19(17)28-3/h4-12,18H,13-14H2,1-3H3,(H,22,25)(H,23,26). The molecule has 0 aliphatic heterocycles. The summed E-state index contributed by atoms with van der Waals surface area (Å²) in [5.74, 6) is -0.709. The second kappa shape index (κ2) is 10.5. The molecule has 0 radical (unpaired) electrons. The number of nitrogens with one attached hydrogen (secondary N) is 2. The maximum Gasteiger partial charge on any atom is 0.244 e. The molecule has 7 heteroatoms. The van der Waals surface area contributed by atoms with E-state index in [0.29, 0.717) is 0 Å². The van der Waals surface area contributed by atoms with Crippen molar-refractivity contribution in [1.29, 1.82) is 0 Å². The van der Waals surface area contributed by atoms with Gasteiger partial charge >= 0.3 is 0 Å². The van der Waals surface area contributed by atoms with Gasteiger partial charge in [0.2, 0.25) is 17.7 Å². The zero-order valence-electron chi connectivity index (χ0n) is 16.3. The Labute approximate surface area is 169 Å². The molecule has 0 spiro atoms. The highest BCUT2D eigenvalue weighted by atomic mass is 32.2. The highest BCUT2D eigenvalue weighted by molar-refractivity contribution is 7.98. The predicted molar refractivity (Wildman–Crippen MR) is 112 cm³/mol. The van der Waals surface area contributed by atoms with Gasteiger partial charge in [0, 0.05) is 18.9 Å². The molecule has 0 fully saturated rings. The molecular weight excluding hydrogens is 374 g/mol. The summed E-state index contributed by atoms with van der Waals surface area (Å²) in [6.07, 6.45) is 2.02. The van der Waals surface area contributed by atoms with Crippen LogP contribution in [0.15, 0.2) is 59.5 Å². The number of para-hydroxylation sites is 1. The Bertz CT molecular complexity index is 827. The molecule has 6 nitrogen and oxygen atoms in total. The summed E-state index contributed by atoms with van der Waals surface area (Å²) in [5, 5.41) is 5.64. The number of hydrogen-bond donors (Lipinski definition) is 2. The van der Waals surface area contributed by atoms with E-state index in [4.69, 9.17) is 0 Å². The van der Waals surface area contributed by atoms with Gasteiger partial charge in [-0.1, -0.05) is 42.5 Å². The van der Waals surface area contributed by atoms with Crippen LogP contribution in [0.4, 0.5) is 5.69 Å². The Balaban J connectivity index is 1.98. The van der Waals surface area contributed by atoms with Crippen molar-refractivity contribution >= 4 is 35.2 Å². The molecule has 1 unspecified atom stereocenters. The summed E-state index contributed by atoms with van der Waals surface area (Å²) in [5.41, 5.74) is 1.57. The quantitative estimate of drug-likeness (QED) is 0.669. The van der Waals surface area contributed by atoms with Crippen molar-refractivity contribution in [3.63, 3.8) is 0 Å². The van der Waals surface area contributed by atoms with Crippen molar-refractivity contribution in [1.82, 2.24) is 10.2 Å². The third-order valence-electron chi connectivity index (χ3n) is 4.15. The van der Waals surface area contributed by atoms with Gasteiger partial charge in [-0.05, 0) is 24.0 Å². The van der Waals surface area contributed by atoms with E-state index in [9.17, 15) is 14.4 Å². The summed E-state index contributed by atoms with van der Waals surface area (Å²) >= 11 is 1.54. The van der Waals surface area contributed by atoms with Crippen LogP contribution >= 0.6 is 11.8 Å². The average molecular weight is 400 g/mol. The predicted octanol–water partition coefficient (Wildman–Crippen LogP) is 3.07. The lowest BCUT2D eigenvalue weighted by atomic mass is 10.0. The Morgan fingerprint density at radius 1 is 1.04 bits per heavy atom. The molecule has 0 aliphatic rings. The van der Waals surface area contributed by atoms with Crippen LogP contribution < -0.4 is 10.6 Å². The molecule has 0 saturated carbocycles. The van der Waals surface area contributed by atoms with Crippen LogP contribution in [-0.4, -0.2) is 42.5 Å². The van der Waals surface area contributed by atoms with Crippen molar-refractivity contribution in [2.75, 3.05) is 25.2 Å². The van der Waals surface area contributed by atoms with Gasteiger partial charge in [0.25, 0.3) is 0 Å². The largest absolute Gasteiger partial charge is 0.349 e. The first-order chi connectivity index (χ1) is 13.4. The fourth-order valence-corrected chi connectivity index (χ4v) is 3.31. The molecule has 2 aromatic carbocycles. The van der Waals surface area contributed by atoms with Gasteiger partial charge in [0.05, 0.1) is 24.7 Å². The molecule has 1 atom stereocenters. The minimum atomic E-state index is -0.436. The third kappa shape index (κ3) is 6.42. The van der Waals surface area contributed by atoms with Crippen LogP contribution in [0.2, 0.25) is 0 Å². The Hall–Kier alpha value is -2.80. The minimum absolute atomic E-state index is 0.0663. The van der Waals surface area contributed by atoms with Gasteiger partial charge in [0.15, 0.2) is 0 Å². The molecule has 0 bridgehead atoms. The van der Waals surface area contributed by atoms with Crippen LogP contribution in [0.25, 0.3) is 0 Å².